The van der Waals surface area contributed by atoms with Gasteiger partial charge in [-0.3, -0.25) is 4.79 Å². The lowest BCUT2D eigenvalue weighted by atomic mass is 10.0. The molecule has 1 atom stereocenters. The van der Waals surface area contributed by atoms with Gasteiger partial charge in [-0.2, -0.15) is 4.31 Å². The van der Waals surface area contributed by atoms with Gasteiger partial charge in [-0.25, -0.2) is 8.42 Å². The van der Waals surface area contributed by atoms with E-state index in [2.05, 4.69) is 0 Å². The zero-order valence-corrected chi connectivity index (χ0v) is 14.2. The van der Waals surface area contributed by atoms with Gasteiger partial charge in [0.1, 0.15) is 0 Å². The second-order valence-corrected chi connectivity index (χ2v) is 8.27. The van der Waals surface area contributed by atoms with Crippen LogP contribution in [-0.4, -0.2) is 44.3 Å². The molecule has 1 saturated heterocycles. The summed E-state index contributed by atoms with van der Waals surface area (Å²) in [5, 5.41) is 0. The number of aryl methyl sites for hydroxylation is 1. The van der Waals surface area contributed by atoms with E-state index in [4.69, 9.17) is 5.73 Å². The van der Waals surface area contributed by atoms with Crippen LogP contribution in [-0.2, 0) is 21.2 Å². The molecule has 1 fully saturated rings. The highest BCUT2D eigenvalue weighted by Crippen LogP contribution is 2.31. The first-order valence-corrected chi connectivity index (χ1v) is 9.50. The Kier molecular flexibility index (Phi) is 4.44. The van der Waals surface area contributed by atoms with Gasteiger partial charge in [-0.15, -0.1) is 0 Å². The highest BCUT2D eigenvalue weighted by Gasteiger charge is 2.30. The van der Waals surface area contributed by atoms with E-state index < -0.39 is 10.0 Å². The molecule has 0 bridgehead atoms. The lowest BCUT2D eigenvalue weighted by Crippen LogP contribution is -2.45. The van der Waals surface area contributed by atoms with Gasteiger partial charge in [-0.05, 0) is 43.4 Å². The third kappa shape index (κ3) is 3.13. The monoisotopic (exact) mass is 337 g/mol. The lowest BCUT2D eigenvalue weighted by Gasteiger charge is -2.32. The summed E-state index contributed by atoms with van der Waals surface area (Å²) in [6.45, 7) is 3.01. The molecule has 1 amide bonds. The predicted octanol–water partition coefficient (Wildman–Crippen LogP) is 1.10. The van der Waals surface area contributed by atoms with Gasteiger partial charge in [-0.1, -0.05) is 6.07 Å². The molecule has 0 spiro atoms. The van der Waals surface area contributed by atoms with Crippen LogP contribution in [0.2, 0.25) is 0 Å². The van der Waals surface area contributed by atoms with Gasteiger partial charge < -0.3 is 10.6 Å². The van der Waals surface area contributed by atoms with Crippen molar-refractivity contribution in [1.82, 2.24) is 4.31 Å². The van der Waals surface area contributed by atoms with E-state index in [0.717, 1.165) is 36.9 Å². The molecule has 3 rings (SSSR count). The summed E-state index contributed by atoms with van der Waals surface area (Å²) in [4.78, 5) is 13.7. The zero-order valence-electron chi connectivity index (χ0n) is 13.4. The number of anilines is 1. The van der Waals surface area contributed by atoms with Crippen LogP contribution in [0.15, 0.2) is 23.1 Å². The fraction of sp³-hybridized carbons (Fsp3) is 0.562. The number of amides is 1. The number of carbonyl (C=O) groups excluding carboxylic acids is 1. The number of benzene rings is 1. The number of hydrogen-bond donors (Lipinski definition) is 1. The third-order valence-corrected chi connectivity index (χ3v) is 6.47. The molecule has 7 heteroatoms. The van der Waals surface area contributed by atoms with Crippen molar-refractivity contribution in [3.8, 4) is 0 Å². The Bertz CT molecular complexity index is 717. The van der Waals surface area contributed by atoms with Crippen LogP contribution in [0.3, 0.4) is 0 Å². The van der Waals surface area contributed by atoms with Crippen LogP contribution in [0.1, 0.15) is 31.7 Å². The van der Waals surface area contributed by atoms with Crippen LogP contribution < -0.4 is 10.6 Å². The maximum Gasteiger partial charge on any atom is 0.243 e. The Balaban J connectivity index is 1.97. The summed E-state index contributed by atoms with van der Waals surface area (Å²) in [5.41, 5.74) is 7.67. The van der Waals surface area contributed by atoms with Crippen molar-refractivity contribution < 1.29 is 13.2 Å². The van der Waals surface area contributed by atoms with E-state index in [-0.39, 0.29) is 16.8 Å². The lowest BCUT2D eigenvalue weighted by molar-refractivity contribution is -0.116. The first kappa shape index (κ1) is 16.4. The topological polar surface area (TPSA) is 83.7 Å². The summed E-state index contributed by atoms with van der Waals surface area (Å²) in [6.07, 6.45) is 3.41. The summed E-state index contributed by atoms with van der Waals surface area (Å²) in [7, 11) is -3.56. The number of sulfonamides is 1. The van der Waals surface area contributed by atoms with Crippen LogP contribution in [0.4, 0.5) is 5.69 Å². The molecule has 0 aromatic heterocycles. The largest absolute Gasteiger partial charge is 0.327 e. The van der Waals surface area contributed by atoms with Gasteiger partial charge in [0.25, 0.3) is 0 Å². The van der Waals surface area contributed by atoms with E-state index in [1.807, 2.05) is 6.07 Å². The van der Waals surface area contributed by atoms with Gasteiger partial charge in [0.05, 0.1) is 4.90 Å². The highest BCUT2D eigenvalue weighted by molar-refractivity contribution is 7.89. The van der Waals surface area contributed by atoms with Gasteiger partial charge in [0.2, 0.25) is 15.9 Å². The Hall–Kier alpha value is -1.44. The molecule has 126 valence electrons. The van der Waals surface area contributed by atoms with E-state index in [1.165, 1.54) is 11.2 Å². The van der Waals surface area contributed by atoms with Gasteiger partial charge >= 0.3 is 0 Å². The molecule has 0 aliphatic carbocycles. The number of nitrogens with two attached hydrogens (primary N) is 1. The summed E-state index contributed by atoms with van der Waals surface area (Å²) in [5.74, 6) is -0.0551. The molecule has 2 N–H and O–H groups in total. The third-order valence-electron chi connectivity index (χ3n) is 4.61. The number of carbonyl (C=O) groups is 1. The van der Waals surface area contributed by atoms with Crippen molar-refractivity contribution >= 4 is 21.6 Å². The van der Waals surface area contributed by atoms with Crippen LogP contribution in [0.25, 0.3) is 0 Å². The van der Waals surface area contributed by atoms with E-state index >= 15 is 0 Å². The second-order valence-electron chi connectivity index (χ2n) is 6.33. The Morgan fingerprint density at radius 1 is 1.26 bits per heavy atom. The van der Waals surface area contributed by atoms with Crippen LogP contribution >= 0.6 is 0 Å². The number of piperidine rings is 1. The van der Waals surface area contributed by atoms with Crippen molar-refractivity contribution in [3.05, 3.63) is 23.8 Å². The molecule has 0 radical (unpaired) electrons. The van der Waals surface area contributed by atoms with Crippen molar-refractivity contribution in [2.24, 2.45) is 5.73 Å². The number of hydrogen-bond acceptors (Lipinski definition) is 4. The minimum Gasteiger partial charge on any atom is -0.327 e. The smallest absolute Gasteiger partial charge is 0.243 e. The Morgan fingerprint density at radius 2 is 2.04 bits per heavy atom. The fourth-order valence-electron chi connectivity index (χ4n) is 3.38. The Morgan fingerprint density at radius 3 is 2.74 bits per heavy atom. The molecule has 2 aliphatic heterocycles. The molecule has 1 unspecified atom stereocenters. The Labute approximate surface area is 137 Å². The molecular weight excluding hydrogens is 314 g/mol. The average molecular weight is 337 g/mol. The second kappa shape index (κ2) is 6.22. The minimum absolute atomic E-state index is 0.0551. The zero-order chi connectivity index (χ0) is 16.6. The predicted molar refractivity (Wildman–Crippen MR) is 88.8 cm³/mol. The van der Waals surface area contributed by atoms with E-state index in [9.17, 15) is 13.2 Å². The van der Waals surface area contributed by atoms with Crippen molar-refractivity contribution in [3.63, 3.8) is 0 Å². The highest BCUT2D eigenvalue weighted by atomic mass is 32.2. The first-order chi connectivity index (χ1) is 10.9. The summed E-state index contributed by atoms with van der Waals surface area (Å²) >= 11 is 0. The van der Waals surface area contributed by atoms with Crippen LogP contribution in [0, 0.1) is 0 Å². The molecule has 1 aromatic rings. The normalized spacial score (nSPS) is 22.7. The molecular formula is C16H23N3O3S. The number of rotatable bonds is 2. The van der Waals surface area contributed by atoms with Gasteiger partial charge in [0, 0.05) is 38.3 Å². The standard InChI is InChI=1S/C16H23N3O3S/c1-12(20)19-9-2-4-13-6-7-15(10-16(13)19)23(21,22)18-8-3-5-14(17)11-18/h6-7,10,14H,2-5,8-9,11,17H2,1H3. The summed E-state index contributed by atoms with van der Waals surface area (Å²) in [6, 6.07) is 5.02. The first-order valence-electron chi connectivity index (χ1n) is 8.06. The van der Waals surface area contributed by atoms with Crippen molar-refractivity contribution in [2.45, 2.75) is 43.5 Å². The van der Waals surface area contributed by atoms with Crippen molar-refractivity contribution in [2.75, 3.05) is 24.5 Å². The minimum atomic E-state index is -3.56. The van der Waals surface area contributed by atoms with Crippen molar-refractivity contribution in [1.29, 1.82) is 0 Å². The molecule has 6 nitrogen and oxygen atoms in total. The SMILES string of the molecule is CC(=O)N1CCCc2ccc(S(=O)(=O)N3CCCC(N)C3)cc21. The molecule has 2 aliphatic rings. The van der Waals surface area contributed by atoms with Crippen LogP contribution in [0.5, 0.6) is 0 Å². The molecule has 2 heterocycles. The van der Waals surface area contributed by atoms with E-state index in [0.29, 0.717) is 19.6 Å². The maximum atomic E-state index is 12.9. The molecule has 0 saturated carbocycles. The average Bonchev–Trinajstić information content (AvgIpc) is 2.53. The number of fused-ring (bicyclic) bond motifs is 1. The molecule has 23 heavy (non-hydrogen) atoms. The van der Waals surface area contributed by atoms with Gasteiger partial charge in [0.15, 0.2) is 0 Å². The van der Waals surface area contributed by atoms with E-state index in [1.54, 1.807) is 17.0 Å². The maximum absolute atomic E-state index is 12.9. The fourth-order valence-corrected chi connectivity index (χ4v) is 4.94. The summed E-state index contributed by atoms with van der Waals surface area (Å²) < 4.78 is 27.2. The molecule has 1 aromatic carbocycles. The quantitative estimate of drug-likeness (QED) is 0.876. The number of nitrogens with zero attached hydrogens (tertiary/aromatic N) is 2.